The van der Waals surface area contributed by atoms with E-state index in [1.54, 1.807) is 6.92 Å². The normalized spacial score (nSPS) is 17.6. The molecule has 0 aromatic rings. The van der Waals surface area contributed by atoms with Crippen LogP contribution in [0.3, 0.4) is 0 Å². The number of amides is 3. The molecule has 0 unspecified atom stereocenters. The molecule has 0 atom stereocenters. The highest BCUT2D eigenvalue weighted by molar-refractivity contribution is 6.64. The first-order valence-electron chi connectivity index (χ1n) is 19.1. The second-order valence-electron chi connectivity index (χ2n) is 13.3. The predicted molar refractivity (Wildman–Crippen MR) is 201 cm³/mol. The number of carbonyl (C=O) groups is 8. The molecule has 0 radical (unpaired) electrons. The highest BCUT2D eigenvalue weighted by Crippen LogP contribution is 2.24. The quantitative estimate of drug-likeness (QED) is 0.180. The number of rotatable bonds is 10. The van der Waals surface area contributed by atoms with Gasteiger partial charge in [-0.2, -0.15) is 0 Å². The molecule has 4 aliphatic rings. The van der Waals surface area contributed by atoms with E-state index in [1.807, 2.05) is 6.92 Å². The summed E-state index contributed by atoms with van der Waals surface area (Å²) in [4.78, 5) is 90.0. The van der Waals surface area contributed by atoms with Gasteiger partial charge in [0.25, 0.3) is 23.0 Å². The smallest absolute Gasteiger partial charge is 0.309 e. The largest absolute Gasteiger partial charge is 0.481 e. The lowest BCUT2D eigenvalue weighted by Gasteiger charge is -2.30. The molecule has 4 rings (SSSR count). The molecule has 3 heterocycles. The van der Waals surface area contributed by atoms with Gasteiger partial charge in [-0.05, 0) is 88.4 Å². The molecule has 0 bridgehead atoms. The fourth-order valence-corrected chi connectivity index (χ4v) is 6.43. The van der Waals surface area contributed by atoms with Gasteiger partial charge in [-0.15, -0.1) is 0 Å². The highest BCUT2D eigenvalue weighted by Gasteiger charge is 2.29. The number of carboxylic acids is 1. The van der Waals surface area contributed by atoms with E-state index >= 15 is 0 Å². The Balaban J connectivity index is 0.000000708. The van der Waals surface area contributed by atoms with Crippen molar-refractivity contribution in [3.63, 3.8) is 0 Å². The Labute approximate surface area is 341 Å². The molecule has 328 valence electrons. The van der Waals surface area contributed by atoms with E-state index < -0.39 is 55.6 Å². The van der Waals surface area contributed by atoms with Gasteiger partial charge in [0, 0.05) is 45.2 Å². The third kappa shape index (κ3) is 22.8. The lowest BCUT2D eigenvalue weighted by Crippen LogP contribution is -2.41. The minimum absolute atomic E-state index is 0.0206. The van der Waals surface area contributed by atoms with Crippen molar-refractivity contribution in [2.24, 2.45) is 23.7 Å². The molecule has 1 saturated carbocycles. The number of carboxylic acid groups (broad SMARTS) is 1. The number of halogens is 6. The minimum atomic E-state index is -1.07. The average Bonchev–Trinajstić information content (AvgIpc) is 3.24. The Bertz CT molecular complexity index is 1210. The van der Waals surface area contributed by atoms with Gasteiger partial charge in [0.1, 0.15) is 0 Å². The van der Waals surface area contributed by atoms with Gasteiger partial charge in [-0.1, -0.05) is 19.3 Å². The average molecular weight is 867 g/mol. The summed E-state index contributed by atoms with van der Waals surface area (Å²) in [6.07, 6.45) is 8.87. The number of carbonyl (C=O) groups excluding carboxylic acids is 7. The van der Waals surface area contributed by atoms with Crippen LogP contribution in [0.4, 0.5) is 17.6 Å². The van der Waals surface area contributed by atoms with E-state index in [1.165, 1.54) is 34.0 Å². The van der Waals surface area contributed by atoms with Crippen LogP contribution >= 0.6 is 23.2 Å². The molecule has 0 aromatic carbocycles. The van der Waals surface area contributed by atoms with Crippen LogP contribution < -0.4 is 0 Å². The topological polar surface area (TPSA) is 185 Å². The van der Waals surface area contributed by atoms with Crippen LogP contribution in [0.5, 0.6) is 0 Å². The van der Waals surface area contributed by atoms with Gasteiger partial charge in [0.15, 0.2) is 26.7 Å². The number of piperidine rings is 3. The zero-order valence-electron chi connectivity index (χ0n) is 32.7. The van der Waals surface area contributed by atoms with Crippen molar-refractivity contribution in [1.82, 2.24) is 14.7 Å². The molecule has 20 heteroatoms. The zero-order valence-corrected chi connectivity index (χ0v) is 34.2. The summed E-state index contributed by atoms with van der Waals surface area (Å²) in [5, 5.41) is 7.35. The van der Waals surface area contributed by atoms with E-state index in [2.05, 4.69) is 11.6 Å². The first-order chi connectivity index (χ1) is 27.1. The summed E-state index contributed by atoms with van der Waals surface area (Å²) in [7, 11) is 0. The minimum Gasteiger partial charge on any atom is -0.481 e. The monoisotopic (exact) mass is 865 g/mol. The van der Waals surface area contributed by atoms with E-state index in [4.69, 9.17) is 26.2 Å². The molecule has 57 heavy (non-hydrogen) atoms. The third-order valence-electron chi connectivity index (χ3n) is 9.51. The SMILES string of the molecule is CCOC(=O)C1CCCCC1.CCOC(=O)C1CCN(C(=O)CF)CC1.O=C(Cl)C1CCN(C(=O)CF)CC1.O=C(Cl)CF.O=C(O)C1CCN(C(=O)CF)CC1. The number of aliphatic carboxylic acids is 1. The van der Waals surface area contributed by atoms with Crippen molar-refractivity contribution in [2.45, 2.75) is 84.5 Å². The molecule has 0 aromatic heterocycles. The number of nitrogens with zero attached hydrogens (tertiary/aromatic N) is 3. The Kier molecular flexibility index (Phi) is 29.5. The van der Waals surface area contributed by atoms with Crippen LogP contribution in [0.1, 0.15) is 84.5 Å². The number of likely N-dealkylation sites (tertiary alicyclic amines) is 3. The number of alkyl halides is 4. The third-order valence-corrected chi connectivity index (χ3v) is 9.92. The first kappa shape index (κ1) is 53.5. The summed E-state index contributed by atoms with van der Waals surface area (Å²) in [6, 6.07) is 0. The summed E-state index contributed by atoms with van der Waals surface area (Å²) in [5.41, 5.74) is 0. The predicted octanol–water partition coefficient (Wildman–Crippen LogP) is 4.85. The van der Waals surface area contributed by atoms with Crippen molar-refractivity contribution in [2.75, 3.05) is 79.2 Å². The maximum Gasteiger partial charge on any atom is 0.309 e. The summed E-state index contributed by atoms with van der Waals surface area (Å²) >= 11 is 9.75. The van der Waals surface area contributed by atoms with E-state index in [-0.39, 0.29) is 40.9 Å². The second-order valence-corrected chi connectivity index (χ2v) is 14.1. The van der Waals surface area contributed by atoms with E-state index in [0.717, 1.165) is 12.8 Å². The molecule has 0 spiro atoms. The summed E-state index contributed by atoms with van der Waals surface area (Å²) < 4.78 is 56.4. The standard InChI is InChI=1S/C10H16FNO3.C9H16O2.C8H11ClFNO2.C8H12FNO3.C2H2ClFO/c1-2-15-10(14)8-3-5-12(6-4-8)9(13)7-11;1-2-11-9(10)8-6-4-3-5-7-8;9-8(13)6-1-3-11(4-2-6)7(12)5-10;9-5-7(11)10-3-1-6(2-4-10)8(12)13;3-2(5)1-4/h8H,2-7H2,1H3;8H,2-7H2,1H3;6H,1-5H2;6H,1-5H2,(H,12,13);1H2. The zero-order chi connectivity index (χ0) is 43.3. The Morgan fingerprint density at radius 2 is 0.807 bits per heavy atom. The highest BCUT2D eigenvalue weighted by atomic mass is 35.5. The molecule has 3 amide bonds. The number of hydrogen-bond donors (Lipinski definition) is 1. The van der Waals surface area contributed by atoms with E-state index in [9.17, 15) is 55.9 Å². The number of hydrogen-bond acceptors (Lipinski definition) is 10. The molecular weight excluding hydrogens is 809 g/mol. The van der Waals surface area contributed by atoms with Crippen LogP contribution in [0, 0.1) is 23.7 Å². The fraction of sp³-hybridized carbons (Fsp3) is 0.784. The molecule has 3 saturated heterocycles. The first-order valence-corrected chi connectivity index (χ1v) is 19.9. The maximum absolute atomic E-state index is 12.1. The van der Waals surface area contributed by atoms with Crippen LogP contribution in [-0.2, 0) is 47.8 Å². The molecule has 3 aliphatic heterocycles. The Hall–Kier alpha value is -3.54. The maximum atomic E-state index is 12.1. The number of esters is 2. The van der Waals surface area contributed by atoms with Crippen LogP contribution in [0.25, 0.3) is 0 Å². The lowest BCUT2D eigenvalue weighted by atomic mass is 9.89. The van der Waals surface area contributed by atoms with Crippen LogP contribution in [0.2, 0.25) is 0 Å². The lowest BCUT2D eigenvalue weighted by molar-refractivity contribution is -0.151. The summed E-state index contributed by atoms with van der Waals surface area (Å²) in [5.74, 6) is -2.99. The van der Waals surface area contributed by atoms with Gasteiger partial charge >= 0.3 is 17.9 Å². The van der Waals surface area contributed by atoms with Crippen LogP contribution in [-0.4, -0.2) is 145 Å². The van der Waals surface area contributed by atoms with Gasteiger partial charge in [-0.25, -0.2) is 17.6 Å². The van der Waals surface area contributed by atoms with Crippen molar-refractivity contribution in [3.8, 4) is 0 Å². The second kappa shape index (κ2) is 31.5. The van der Waals surface area contributed by atoms with Crippen molar-refractivity contribution >= 4 is 69.3 Å². The van der Waals surface area contributed by atoms with Gasteiger partial charge in [0.2, 0.25) is 5.24 Å². The summed E-state index contributed by atoms with van der Waals surface area (Å²) in [6.45, 7) is 3.05. The van der Waals surface area contributed by atoms with Crippen molar-refractivity contribution in [3.05, 3.63) is 0 Å². The Morgan fingerprint density at radius 3 is 1.07 bits per heavy atom. The molecule has 14 nitrogen and oxygen atoms in total. The van der Waals surface area contributed by atoms with Gasteiger partial charge in [-0.3, -0.25) is 38.4 Å². The number of ether oxygens (including phenoxy) is 2. The van der Waals surface area contributed by atoms with Gasteiger partial charge < -0.3 is 29.3 Å². The van der Waals surface area contributed by atoms with Crippen molar-refractivity contribution in [1.29, 1.82) is 0 Å². The van der Waals surface area contributed by atoms with Crippen LogP contribution in [0.15, 0.2) is 0 Å². The molecule has 4 fully saturated rings. The Morgan fingerprint density at radius 1 is 0.509 bits per heavy atom. The molecular formula is C37H57Cl2F4N3O11. The molecule has 1 N–H and O–H groups in total. The van der Waals surface area contributed by atoms with Crippen molar-refractivity contribution < 1.29 is 70.5 Å². The van der Waals surface area contributed by atoms with Gasteiger partial charge in [0.05, 0.1) is 31.0 Å². The fourth-order valence-electron chi connectivity index (χ4n) is 6.21. The van der Waals surface area contributed by atoms with E-state index in [0.29, 0.717) is 91.0 Å². The molecule has 1 aliphatic carbocycles.